The summed E-state index contributed by atoms with van der Waals surface area (Å²) in [7, 11) is 0. The second kappa shape index (κ2) is 6.00. The Morgan fingerprint density at radius 1 is 1.00 bits per heavy atom. The number of cyclic esters (lactones) is 1. The number of aromatic hydroxyl groups is 1. The second-order valence-corrected chi connectivity index (χ2v) is 5.52. The number of phenolic OH excluding ortho intramolecular Hbond substituents is 1. The van der Waals surface area contributed by atoms with Crippen LogP contribution in [0, 0.1) is 11.8 Å². The maximum atomic E-state index is 12.0. The summed E-state index contributed by atoms with van der Waals surface area (Å²) in [5.74, 6) is 0.0767. The standard InChI is InChI=1S/C18H18O3/c19-17-9-5-4-8-14(17)11-16-15(12-21-18(16)20)10-13-6-2-1-3-7-13/h1-9,15-16,19H,10-12H2/t15-,16+/m0/s1. The molecule has 3 heteroatoms. The third-order valence-corrected chi connectivity index (χ3v) is 4.08. The molecule has 0 spiro atoms. The molecule has 0 aliphatic carbocycles. The highest BCUT2D eigenvalue weighted by Crippen LogP contribution is 2.31. The summed E-state index contributed by atoms with van der Waals surface area (Å²) in [4.78, 5) is 12.0. The normalized spacial score (nSPS) is 21.2. The topological polar surface area (TPSA) is 46.5 Å². The summed E-state index contributed by atoms with van der Waals surface area (Å²) in [5, 5.41) is 9.88. The van der Waals surface area contributed by atoms with E-state index in [0.717, 1.165) is 12.0 Å². The molecule has 2 aromatic rings. The third-order valence-electron chi connectivity index (χ3n) is 4.08. The lowest BCUT2D eigenvalue weighted by atomic mass is 9.85. The smallest absolute Gasteiger partial charge is 0.309 e. The molecule has 0 aromatic heterocycles. The van der Waals surface area contributed by atoms with Gasteiger partial charge in [0.1, 0.15) is 5.75 Å². The van der Waals surface area contributed by atoms with Gasteiger partial charge in [-0.25, -0.2) is 0 Å². The Morgan fingerprint density at radius 3 is 2.48 bits per heavy atom. The van der Waals surface area contributed by atoms with Crippen molar-refractivity contribution in [1.29, 1.82) is 0 Å². The molecule has 2 atom stereocenters. The van der Waals surface area contributed by atoms with E-state index in [1.54, 1.807) is 12.1 Å². The van der Waals surface area contributed by atoms with Gasteiger partial charge in [0.05, 0.1) is 12.5 Å². The van der Waals surface area contributed by atoms with Crippen molar-refractivity contribution in [2.45, 2.75) is 12.8 Å². The van der Waals surface area contributed by atoms with E-state index in [1.807, 2.05) is 30.3 Å². The Balaban J connectivity index is 1.75. The van der Waals surface area contributed by atoms with Crippen LogP contribution in [-0.2, 0) is 22.4 Å². The van der Waals surface area contributed by atoms with Crippen molar-refractivity contribution in [3.05, 3.63) is 65.7 Å². The molecule has 1 fully saturated rings. The number of esters is 1. The van der Waals surface area contributed by atoms with E-state index in [2.05, 4.69) is 12.1 Å². The van der Waals surface area contributed by atoms with E-state index in [1.165, 1.54) is 5.56 Å². The molecule has 108 valence electrons. The lowest BCUT2D eigenvalue weighted by Gasteiger charge is -2.16. The minimum Gasteiger partial charge on any atom is -0.508 e. The van der Waals surface area contributed by atoms with E-state index >= 15 is 0 Å². The first-order chi connectivity index (χ1) is 10.2. The highest BCUT2D eigenvalue weighted by atomic mass is 16.5. The summed E-state index contributed by atoms with van der Waals surface area (Å²) < 4.78 is 5.24. The molecule has 1 aliphatic rings. The summed E-state index contributed by atoms with van der Waals surface area (Å²) in [6.45, 7) is 0.464. The van der Waals surface area contributed by atoms with Gasteiger partial charge in [0.2, 0.25) is 0 Å². The number of hydrogen-bond donors (Lipinski definition) is 1. The van der Waals surface area contributed by atoms with Crippen molar-refractivity contribution >= 4 is 5.97 Å². The summed E-state index contributed by atoms with van der Waals surface area (Å²) in [6, 6.07) is 17.3. The Kier molecular flexibility index (Phi) is 3.91. The van der Waals surface area contributed by atoms with Crippen molar-refractivity contribution in [3.63, 3.8) is 0 Å². The SMILES string of the molecule is O=C1OC[C@H](Cc2ccccc2)[C@H]1Cc1ccccc1O. The van der Waals surface area contributed by atoms with E-state index in [-0.39, 0.29) is 23.6 Å². The van der Waals surface area contributed by atoms with Gasteiger partial charge >= 0.3 is 5.97 Å². The maximum absolute atomic E-state index is 12.0. The summed E-state index contributed by atoms with van der Waals surface area (Å²) in [6.07, 6.45) is 1.36. The number of benzene rings is 2. The number of carbonyl (C=O) groups excluding carboxylic acids is 1. The molecule has 3 rings (SSSR count). The molecule has 1 aliphatic heterocycles. The number of ether oxygens (including phenoxy) is 1. The first-order valence-electron chi connectivity index (χ1n) is 7.21. The number of para-hydroxylation sites is 1. The largest absolute Gasteiger partial charge is 0.508 e. The molecule has 0 radical (unpaired) electrons. The van der Waals surface area contributed by atoms with Crippen molar-refractivity contribution in [1.82, 2.24) is 0 Å². The zero-order valence-electron chi connectivity index (χ0n) is 11.7. The average Bonchev–Trinajstić information content (AvgIpc) is 2.84. The van der Waals surface area contributed by atoms with Gasteiger partial charge in [0, 0.05) is 5.92 Å². The van der Waals surface area contributed by atoms with Crippen LogP contribution in [0.1, 0.15) is 11.1 Å². The van der Waals surface area contributed by atoms with Gasteiger partial charge in [-0.15, -0.1) is 0 Å². The molecular formula is C18H18O3. The van der Waals surface area contributed by atoms with Crippen LogP contribution in [0.25, 0.3) is 0 Å². The zero-order chi connectivity index (χ0) is 14.7. The van der Waals surface area contributed by atoms with Crippen LogP contribution in [0.5, 0.6) is 5.75 Å². The fourth-order valence-electron chi connectivity index (χ4n) is 2.89. The minimum atomic E-state index is -0.182. The van der Waals surface area contributed by atoms with Crippen molar-refractivity contribution in [2.24, 2.45) is 11.8 Å². The Bertz CT molecular complexity index is 621. The Hall–Kier alpha value is -2.29. The van der Waals surface area contributed by atoms with Crippen molar-refractivity contribution in [2.75, 3.05) is 6.61 Å². The quantitative estimate of drug-likeness (QED) is 0.877. The monoisotopic (exact) mass is 282 g/mol. The highest BCUT2D eigenvalue weighted by Gasteiger charge is 2.37. The van der Waals surface area contributed by atoms with Gasteiger partial charge in [-0.2, -0.15) is 0 Å². The first kappa shape index (κ1) is 13.7. The van der Waals surface area contributed by atoms with Crippen LogP contribution in [-0.4, -0.2) is 17.7 Å². The second-order valence-electron chi connectivity index (χ2n) is 5.52. The van der Waals surface area contributed by atoms with Gasteiger partial charge in [-0.3, -0.25) is 4.79 Å². The lowest BCUT2D eigenvalue weighted by molar-refractivity contribution is -0.141. The molecule has 2 aromatic carbocycles. The Labute approximate surface area is 124 Å². The molecular weight excluding hydrogens is 264 g/mol. The van der Waals surface area contributed by atoms with Crippen LogP contribution >= 0.6 is 0 Å². The molecule has 3 nitrogen and oxygen atoms in total. The van der Waals surface area contributed by atoms with Crippen LogP contribution < -0.4 is 0 Å². The predicted octanol–water partition coefficient (Wildman–Crippen LogP) is 2.97. The minimum absolute atomic E-state index is 0.154. The van der Waals surface area contributed by atoms with Crippen molar-refractivity contribution < 1.29 is 14.6 Å². The van der Waals surface area contributed by atoms with Gasteiger partial charge in [0.25, 0.3) is 0 Å². The predicted molar refractivity (Wildman–Crippen MR) is 79.9 cm³/mol. The number of carbonyl (C=O) groups is 1. The maximum Gasteiger partial charge on any atom is 0.309 e. The van der Waals surface area contributed by atoms with E-state index in [0.29, 0.717) is 13.0 Å². The van der Waals surface area contributed by atoms with Crippen LogP contribution in [0.15, 0.2) is 54.6 Å². The third kappa shape index (κ3) is 3.07. The van der Waals surface area contributed by atoms with Gasteiger partial charge in [-0.1, -0.05) is 48.5 Å². The number of rotatable bonds is 4. The van der Waals surface area contributed by atoms with Crippen LogP contribution in [0.2, 0.25) is 0 Å². The molecule has 0 amide bonds. The van der Waals surface area contributed by atoms with Gasteiger partial charge in [-0.05, 0) is 30.0 Å². The summed E-state index contributed by atoms with van der Waals surface area (Å²) >= 11 is 0. The van der Waals surface area contributed by atoms with Crippen LogP contribution in [0.3, 0.4) is 0 Å². The van der Waals surface area contributed by atoms with E-state index < -0.39 is 0 Å². The van der Waals surface area contributed by atoms with E-state index in [4.69, 9.17) is 4.74 Å². The number of hydrogen-bond acceptors (Lipinski definition) is 3. The molecule has 1 N–H and O–H groups in total. The lowest BCUT2D eigenvalue weighted by Crippen LogP contribution is -2.20. The zero-order valence-corrected chi connectivity index (χ0v) is 11.7. The molecule has 0 unspecified atom stereocenters. The average molecular weight is 282 g/mol. The molecule has 0 bridgehead atoms. The van der Waals surface area contributed by atoms with Crippen LogP contribution in [0.4, 0.5) is 0 Å². The Morgan fingerprint density at radius 2 is 1.71 bits per heavy atom. The molecule has 1 saturated heterocycles. The van der Waals surface area contributed by atoms with Gasteiger partial charge < -0.3 is 9.84 Å². The first-order valence-corrected chi connectivity index (χ1v) is 7.21. The summed E-state index contributed by atoms with van der Waals surface area (Å²) in [5.41, 5.74) is 2.02. The fraction of sp³-hybridized carbons (Fsp3) is 0.278. The number of phenols is 1. The van der Waals surface area contributed by atoms with E-state index in [9.17, 15) is 9.90 Å². The highest BCUT2D eigenvalue weighted by molar-refractivity contribution is 5.75. The van der Waals surface area contributed by atoms with Crippen molar-refractivity contribution in [3.8, 4) is 5.75 Å². The molecule has 0 saturated carbocycles. The fourth-order valence-corrected chi connectivity index (χ4v) is 2.89. The molecule has 21 heavy (non-hydrogen) atoms. The van der Waals surface area contributed by atoms with Gasteiger partial charge in [0.15, 0.2) is 0 Å². The molecule has 1 heterocycles.